The number of unbranched alkanes of at least 4 members (excludes halogenated alkanes) is 11. The number of aliphatic hydroxyl groups is 1. The minimum absolute atomic E-state index is 0.0781. The Labute approximate surface area is 177 Å². The molecule has 4 heteroatoms. The Morgan fingerprint density at radius 2 is 1.31 bits per heavy atom. The van der Waals surface area contributed by atoms with Gasteiger partial charge in [0.1, 0.15) is 0 Å². The standard InChI is InChI=1S/C25H42O4/c1-22(26)24(29-21-23-17-13-12-14-18-23)19-15-10-8-6-4-2-3-5-7-9-11-16-20-25(27)28/h12-14,17-18,22,24,26H,2-11,15-16,19-21H2,1H3,(H,27,28). The van der Waals surface area contributed by atoms with Gasteiger partial charge in [-0.25, -0.2) is 0 Å². The van der Waals surface area contributed by atoms with Gasteiger partial charge in [-0.3, -0.25) is 4.79 Å². The number of aliphatic carboxylic acids is 1. The molecular formula is C25H42O4. The Hall–Kier alpha value is -1.39. The number of carboxylic acid groups (broad SMARTS) is 1. The van der Waals surface area contributed by atoms with Gasteiger partial charge in [0.15, 0.2) is 0 Å². The lowest BCUT2D eigenvalue weighted by atomic mass is 10.0. The third-order valence-corrected chi connectivity index (χ3v) is 5.47. The van der Waals surface area contributed by atoms with Crippen molar-refractivity contribution in [3.8, 4) is 0 Å². The molecule has 0 radical (unpaired) electrons. The summed E-state index contributed by atoms with van der Waals surface area (Å²) in [4.78, 5) is 10.4. The van der Waals surface area contributed by atoms with Gasteiger partial charge in [-0.15, -0.1) is 0 Å². The molecule has 0 saturated heterocycles. The monoisotopic (exact) mass is 406 g/mol. The maximum atomic E-state index is 10.4. The molecule has 4 nitrogen and oxygen atoms in total. The smallest absolute Gasteiger partial charge is 0.303 e. The van der Waals surface area contributed by atoms with Crippen LogP contribution in [0.5, 0.6) is 0 Å². The summed E-state index contributed by atoms with van der Waals surface area (Å²) < 4.78 is 5.93. The van der Waals surface area contributed by atoms with Gasteiger partial charge in [0.05, 0.1) is 18.8 Å². The van der Waals surface area contributed by atoms with E-state index in [1.165, 1.54) is 57.8 Å². The van der Waals surface area contributed by atoms with Crippen molar-refractivity contribution in [2.45, 2.75) is 116 Å². The van der Waals surface area contributed by atoms with Crippen molar-refractivity contribution >= 4 is 5.97 Å². The zero-order valence-corrected chi connectivity index (χ0v) is 18.4. The molecule has 0 aromatic heterocycles. The molecule has 166 valence electrons. The van der Waals surface area contributed by atoms with Crippen LogP contribution in [0.1, 0.15) is 102 Å². The SMILES string of the molecule is CC(O)C(CCCCCCCCCCCCCCC(=O)O)OCc1ccccc1. The number of rotatable bonds is 19. The molecule has 0 amide bonds. The van der Waals surface area contributed by atoms with E-state index in [1.807, 2.05) is 25.1 Å². The number of carbonyl (C=O) groups is 1. The molecule has 0 bridgehead atoms. The predicted molar refractivity (Wildman–Crippen MR) is 119 cm³/mol. The van der Waals surface area contributed by atoms with E-state index in [0.717, 1.165) is 31.2 Å². The molecule has 0 heterocycles. The summed E-state index contributed by atoms with van der Waals surface area (Å²) in [6.07, 6.45) is 15.1. The normalized spacial score (nSPS) is 13.3. The third kappa shape index (κ3) is 15.2. The topological polar surface area (TPSA) is 66.8 Å². The molecule has 2 unspecified atom stereocenters. The van der Waals surface area contributed by atoms with E-state index in [0.29, 0.717) is 13.0 Å². The summed E-state index contributed by atoms with van der Waals surface area (Å²) in [5, 5.41) is 18.5. The van der Waals surface area contributed by atoms with Crippen LogP contribution >= 0.6 is 0 Å². The van der Waals surface area contributed by atoms with E-state index in [4.69, 9.17) is 9.84 Å². The minimum Gasteiger partial charge on any atom is -0.481 e. The number of aliphatic hydroxyl groups excluding tert-OH is 1. The van der Waals surface area contributed by atoms with Crippen molar-refractivity contribution in [2.24, 2.45) is 0 Å². The Kier molecular flexibility index (Phi) is 15.4. The molecule has 1 aromatic rings. The van der Waals surface area contributed by atoms with Crippen molar-refractivity contribution in [1.82, 2.24) is 0 Å². The molecular weight excluding hydrogens is 364 g/mol. The van der Waals surface area contributed by atoms with Gasteiger partial charge < -0.3 is 14.9 Å². The fourth-order valence-electron chi connectivity index (χ4n) is 3.63. The summed E-state index contributed by atoms with van der Waals surface area (Å²) in [5.74, 6) is -0.675. The van der Waals surface area contributed by atoms with Gasteiger partial charge in [-0.2, -0.15) is 0 Å². The average Bonchev–Trinajstić information content (AvgIpc) is 2.70. The van der Waals surface area contributed by atoms with Crippen LogP contribution < -0.4 is 0 Å². The van der Waals surface area contributed by atoms with Crippen molar-refractivity contribution < 1.29 is 19.7 Å². The van der Waals surface area contributed by atoms with Crippen molar-refractivity contribution in [3.05, 3.63) is 35.9 Å². The molecule has 1 aromatic carbocycles. The summed E-state index contributed by atoms with van der Waals surface area (Å²) in [7, 11) is 0. The van der Waals surface area contributed by atoms with E-state index >= 15 is 0 Å². The molecule has 0 spiro atoms. The first kappa shape index (κ1) is 25.6. The van der Waals surface area contributed by atoms with E-state index in [1.54, 1.807) is 0 Å². The highest BCUT2D eigenvalue weighted by Crippen LogP contribution is 2.16. The molecule has 2 N–H and O–H groups in total. The largest absolute Gasteiger partial charge is 0.481 e. The summed E-state index contributed by atoms with van der Waals surface area (Å²) in [6, 6.07) is 10.1. The first-order valence-electron chi connectivity index (χ1n) is 11.6. The second-order valence-corrected chi connectivity index (χ2v) is 8.25. The van der Waals surface area contributed by atoms with E-state index in [9.17, 15) is 9.90 Å². The van der Waals surface area contributed by atoms with Gasteiger partial charge in [-0.1, -0.05) is 101 Å². The highest BCUT2D eigenvalue weighted by atomic mass is 16.5. The first-order chi connectivity index (χ1) is 14.1. The van der Waals surface area contributed by atoms with Gasteiger partial charge >= 0.3 is 5.97 Å². The summed E-state index contributed by atoms with van der Waals surface area (Å²) in [6.45, 7) is 2.39. The molecule has 2 atom stereocenters. The molecule has 0 fully saturated rings. The Morgan fingerprint density at radius 3 is 1.79 bits per heavy atom. The van der Waals surface area contributed by atoms with Gasteiger partial charge in [-0.05, 0) is 25.3 Å². The Bertz CT molecular complexity index is 501. The fraction of sp³-hybridized carbons (Fsp3) is 0.720. The average molecular weight is 407 g/mol. The summed E-state index contributed by atoms with van der Waals surface area (Å²) >= 11 is 0. The van der Waals surface area contributed by atoms with Crippen LogP contribution in [-0.2, 0) is 16.1 Å². The number of ether oxygens (including phenoxy) is 1. The van der Waals surface area contributed by atoms with Crippen LogP contribution in [0.25, 0.3) is 0 Å². The lowest BCUT2D eigenvalue weighted by Gasteiger charge is -2.20. The van der Waals surface area contributed by atoms with Crippen LogP contribution in [0.15, 0.2) is 30.3 Å². The van der Waals surface area contributed by atoms with E-state index in [2.05, 4.69) is 12.1 Å². The highest BCUT2D eigenvalue weighted by Gasteiger charge is 2.15. The van der Waals surface area contributed by atoms with Crippen LogP contribution in [0.3, 0.4) is 0 Å². The third-order valence-electron chi connectivity index (χ3n) is 5.47. The first-order valence-corrected chi connectivity index (χ1v) is 11.6. The lowest BCUT2D eigenvalue weighted by molar-refractivity contribution is -0.137. The van der Waals surface area contributed by atoms with E-state index < -0.39 is 12.1 Å². The van der Waals surface area contributed by atoms with E-state index in [-0.39, 0.29) is 6.10 Å². The van der Waals surface area contributed by atoms with Crippen LogP contribution in [0.4, 0.5) is 0 Å². The molecule has 29 heavy (non-hydrogen) atoms. The lowest BCUT2D eigenvalue weighted by Crippen LogP contribution is -2.26. The van der Waals surface area contributed by atoms with Crippen LogP contribution in [0, 0.1) is 0 Å². The Balaban J connectivity index is 1.91. The number of carboxylic acids is 1. The Morgan fingerprint density at radius 1 is 0.828 bits per heavy atom. The highest BCUT2D eigenvalue weighted by molar-refractivity contribution is 5.66. The van der Waals surface area contributed by atoms with Crippen LogP contribution in [0.2, 0.25) is 0 Å². The van der Waals surface area contributed by atoms with Gasteiger partial charge in [0, 0.05) is 6.42 Å². The van der Waals surface area contributed by atoms with Crippen molar-refractivity contribution in [3.63, 3.8) is 0 Å². The van der Waals surface area contributed by atoms with Crippen molar-refractivity contribution in [2.75, 3.05) is 0 Å². The van der Waals surface area contributed by atoms with Crippen LogP contribution in [-0.4, -0.2) is 28.4 Å². The second kappa shape index (κ2) is 17.5. The zero-order chi connectivity index (χ0) is 21.2. The predicted octanol–water partition coefficient (Wildman–Crippen LogP) is 6.50. The van der Waals surface area contributed by atoms with Crippen molar-refractivity contribution in [1.29, 1.82) is 0 Å². The van der Waals surface area contributed by atoms with Gasteiger partial charge in [0.25, 0.3) is 0 Å². The maximum Gasteiger partial charge on any atom is 0.303 e. The second-order valence-electron chi connectivity index (χ2n) is 8.25. The number of benzene rings is 1. The quantitative estimate of drug-likeness (QED) is 0.257. The molecule has 0 saturated carbocycles. The fourth-order valence-corrected chi connectivity index (χ4v) is 3.63. The van der Waals surface area contributed by atoms with Gasteiger partial charge in [0.2, 0.25) is 0 Å². The maximum absolute atomic E-state index is 10.4. The minimum atomic E-state index is -0.675. The number of hydrogen-bond acceptors (Lipinski definition) is 3. The number of hydrogen-bond donors (Lipinski definition) is 2. The molecule has 0 aliphatic rings. The zero-order valence-electron chi connectivity index (χ0n) is 18.4. The molecule has 0 aliphatic carbocycles. The molecule has 0 aliphatic heterocycles. The summed E-state index contributed by atoms with van der Waals surface area (Å²) in [5.41, 5.74) is 1.15. The molecule has 1 rings (SSSR count).